The second kappa shape index (κ2) is 10.6. The largest absolute Gasteiger partial charge is 0.344 e. The summed E-state index contributed by atoms with van der Waals surface area (Å²) in [5.41, 5.74) is -0.436. The van der Waals surface area contributed by atoms with Crippen molar-refractivity contribution in [3.8, 4) is 0 Å². The number of unbranched alkanes of at least 4 members (excludes halogenated alkanes) is 1. The highest BCUT2D eigenvalue weighted by Gasteiger charge is 2.37. The Bertz CT molecular complexity index is 496. The van der Waals surface area contributed by atoms with Gasteiger partial charge in [-0.2, -0.15) is 0 Å². The second-order valence-corrected chi connectivity index (χ2v) is 8.88. The highest BCUT2D eigenvalue weighted by atomic mass is 16.5. The Balaban J connectivity index is 2.87. The number of amides is 3. The van der Waals surface area contributed by atoms with E-state index in [1.54, 1.807) is 0 Å². The van der Waals surface area contributed by atoms with Crippen LogP contribution in [-0.4, -0.2) is 59.1 Å². The molecule has 0 aromatic rings. The number of hydrogen-bond acceptors (Lipinski definition) is 4. The lowest BCUT2D eigenvalue weighted by Crippen LogP contribution is -2.57. The summed E-state index contributed by atoms with van der Waals surface area (Å²) in [6, 6.07) is -0.633. The Morgan fingerprint density at radius 3 is 2.37 bits per heavy atom. The fourth-order valence-corrected chi connectivity index (χ4v) is 3.34. The topological polar surface area (TPSA) is 90.0 Å². The molecule has 1 rings (SSSR count). The van der Waals surface area contributed by atoms with Crippen molar-refractivity contribution in [2.45, 2.75) is 72.8 Å². The summed E-state index contributed by atoms with van der Waals surface area (Å²) < 4.78 is 0. The number of likely N-dealkylation sites (tertiary alicyclic amines) is 1. The average molecular weight is 384 g/mol. The van der Waals surface area contributed by atoms with Crippen molar-refractivity contribution in [3.05, 3.63) is 0 Å². The van der Waals surface area contributed by atoms with Gasteiger partial charge >= 0.3 is 0 Å². The molecule has 1 fully saturated rings. The van der Waals surface area contributed by atoms with E-state index in [2.05, 4.69) is 12.2 Å². The van der Waals surface area contributed by atoms with Gasteiger partial charge in [-0.1, -0.05) is 47.5 Å². The van der Waals surface area contributed by atoms with Crippen molar-refractivity contribution < 1.29 is 19.6 Å². The van der Waals surface area contributed by atoms with Crippen LogP contribution in [0.1, 0.15) is 66.7 Å². The quantitative estimate of drug-likeness (QED) is 0.363. The third-order valence-electron chi connectivity index (χ3n) is 5.30. The molecule has 3 amide bonds. The van der Waals surface area contributed by atoms with Crippen LogP contribution in [0.25, 0.3) is 0 Å². The lowest BCUT2D eigenvalue weighted by Gasteiger charge is -2.38. The minimum absolute atomic E-state index is 0.0479. The van der Waals surface area contributed by atoms with E-state index in [-0.39, 0.29) is 18.4 Å². The molecule has 0 bridgehead atoms. The van der Waals surface area contributed by atoms with E-state index >= 15 is 0 Å². The molecule has 0 spiro atoms. The van der Waals surface area contributed by atoms with Gasteiger partial charge in [0.1, 0.15) is 6.04 Å². The first-order valence-electron chi connectivity index (χ1n) is 10.1. The van der Waals surface area contributed by atoms with Crippen molar-refractivity contribution >= 4 is 18.2 Å². The van der Waals surface area contributed by atoms with Crippen LogP contribution in [0.3, 0.4) is 0 Å². The number of rotatable bonds is 9. The number of piperidine rings is 1. The lowest BCUT2D eigenvalue weighted by atomic mass is 9.84. The van der Waals surface area contributed by atoms with Crippen molar-refractivity contribution in [1.82, 2.24) is 15.3 Å². The molecule has 7 nitrogen and oxygen atoms in total. The fraction of sp³-hybridized carbons (Fsp3) is 0.850. The molecule has 0 aliphatic carbocycles. The van der Waals surface area contributed by atoms with E-state index in [1.807, 2.05) is 32.6 Å². The van der Waals surface area contributed by atoms with Crippen molar-refractivity contribution in [2.24, 2.45) is 17.3 Å². The van der Waals surface area contributed by atoms with Crippen LogP contribution in [0.4, 0.5) is 0 Å². The van der Waals surface area contributed by atoms with Gasteiger partial charge in [0.15, 0.2) is 0 Å². The number of carbonyl (C=O) groups excluding carboxylic acids is 3. The smallest absolute Gasteiger partial charge is 0.245 e. The summed E-state index contributed by atoms with van der Waals surface area (Å²) in [4.78, 5) is 38.5. The fourth-order valence-electron chi connectivity index (χ4n) is 3.34. The van der Waals surface area contributed by atoms with Crippen LogP contribution in [0.5, 0.6) is 0 Å². The van der Waals surface area contributed by atoms with E-state index in [4.69, 9.17) is 0 Å². The molecular weight excluding hydrogens is 346 g/mol. The first-order valence-corrected chi connectivity index (χ1v) is 10.1. The maximum Gasteiger partial charge on any atom is 0.245 e. The molecule has 1 aliphatic rings. The predicted molar refractivity (Wildman–Crippen MR) is 104 cm³/mol. The minimum atomic E-state index is -0.633. The molecule has 7 heteroatoms. The van der Waals surface area contributed by atoms with Gasteiger partial charge in [-0.25, -0.2) is 5.06 Å². The molecule has 0 saturated carbocycles. The number of carbonyl (C=O) groups is 3. The number of nitrogens with one attached hydrogen (secondary N) is 1. The Kier molecular flexibility index (Phi) is 9.22. The monoisotopic (exact) mass is 383 g/mol. The number of hydrogen-bond donors (Lipinski definition) is 2. The van der Waals surface area contributed by atoms with E-state index in [9.17, 15) is 19.6 Å². The Hall–Kier alpha value is -1.63. The van der Waals surface area contributed by atoms with Gasteiger partial charge in [0.05, 0.1) is 12.5 Å². The molecule has 156 valence electrons. The summed E-state index contributed by atoms with van der Waals surface area (Å²) in [5.74, 6) is -0.260. The van der Waals surface area contributed by atoms with Gasteiger partial charge in [-0.3, -0.25) is 19.6 Å². The van der Waals surface area contributed by atoms with Crippen LogP contribution in [-0.2, 0) is 14.4 Å². The summed E-state index contributed by atoms with van der Waals surface area (Å²) in [6.45, 7) is 11.4. The van der Waals surface area contributed by atoms with Crippen molar-refractivity contribution in [3.63, 3.8) is 0 Å². The highest BCUT2D eigenvalue weighted by Crippen LogP contribution is 2.25. The Labute approximate surface area is 163 Å². The molecular formula is C20H37N3O4. The number of nitrogens with zero attached hydrogens (tertiary/aromatic N) is 2. The van der Waals surface area contributed by atoms with Gasteiger partial charge in [0.2, 0.25) is 18.2 Å². The SMILES string of the molecule is CCCC[C@H](CN(O)C=O)C(=O)NC(C(=O)N1CCC(C)CC1)C(C)(C)C. The van der Waals surface area contributed by atoms with E-state index in [1.165, 1.54) is 0 Å². The van der Waals surface area contributed by atoms with Crippen molar-refractivity contribution in [2.75, 3.05) is 19.6 Å². The van der Waals surface area contributed by atoms with Crippen LogP contribution < -0.4 is 5.32 Å². The normalized spacial score (nSPS) is 17.9. The van der Waals surface area contributed by atoms with Gasteiger partial charge in [-0.15, -0.1) is 0 Å². The molecule has 1 aliphatic heterocycles. The third kappa shape index (κ3) is 7.48. The minimum Gasteiger partial charge on any atom is -0.344 e. The molecule has 1 heterocycles. The summed E-state index contributed by atoms with van der Waals surface area (Å²) in [6.07, 6.45) is 4.53. The molecule has 27 heavy (non-hydrogen) atoms. The van der Waals surface area contributed by atoms with Gasteiger partial charge in [0.25, 0.3) is 0 Å². The molecule has 1 unspecified atom stereocenters. The molecule has 0 aromatic heterocycles. The highest BCUT2D eigenvalue weighted by molar-refractivity contribution is 5.89. The van der Waals surface area contributed by atoms with Gasteiger partial charge < -0.3 is 10.2 Å². The van der Waals surface area contributed by atoms with Crippen LogP contribution in [0, 0.1) is 17.3 Å². The predicted octanol–water partition coefficient (Wildman–Crippen LogP) is 2.43. The van der Waals surface area contributed by atoms with Crippen molar-refractivity contribution in [1.29, 1.82) is 0 Å². The zero-order valence-corrected chi connectivity index (χ0v) is 17.5. The summed E-state index contributed by atoms with van der Waals surface area (Å²) >= 11 is 0. The maximum atomic E-state index is 13.1. The zero-order valence-electron chi connectivity index (χ0n) is 17.5. The lowest BCUT2D eigenvalue weighted by molar-refractivity contribution is -0.155. The van der Waals surface area contributed by atoms with Gasteiger partial charge in [-0.05, 0) is 30.6 Å². The zero-order chi connectivity index (χ0) is 20.6. The molecule has 1 saturated heterocycles. The van der Waals surface area contributed by atoms with Crippen LogP contribution in [0.2, 0.25) is 0 Å². The average Bonchev–Trinajstić information content (AvgIpc) is 2.61. The maximum absolute atomic E-state index is 13.1. The standard InChI is InChI=1S/C20H37N3O4/c1-6-7-8-16(13-23(27)14-24)18(25)21-17(20(3,4)5)19(26)22-11-9-15(2)10-12-22/h14-17,27H,6-13H2,1-5H3,(H,21,25)/t16-,17?/m1/s1. The molecule has 0 aromatic carbocycles. The first-order chi connectivity index (χ1) is 12.6. The first kappa shape index (κ1) is 23.4. The Morgan fingerprint density at radius 2 is 1.89 bits per heavy atom. The summed E-state index contributed by atoms with van der Waals surface area (Å²) in [5, 5.41) is 12.9. The summed E-state index contributed by atoms with van der Waals surface area (Å²) in [7, 11) is 0. The van der Waals surface area contributed by atoms with Crippen LogP contribution in [0.15, 0.2) is 0 Å². The molecule has 0 radical (unpaired) electrons. The third-order valence-corrected chi connectivity index (χ3v) is 5.30. The van der Waals surface area contributed by atoms with E-state index < -0.39 is 17.4 Å². The van der Waals surface area contributed by atoms with E-state index in [0.29, 0.717) is 23.8 Å². The Morgan fingerprint density at radius 1 is 1.30 bits per heavy atom. The molecule has 2 N–H and O–H groups in total. The van der Waals surface area contributed by atoms with Crippen LogP contribution >= 0.6 is 0 Å². The molecule has 2 atom stereocenters. The van der Waals surface area contributed by atoms with E-state index in [0.717, 1.165) is 38.8 Å². The van der Waals surface area contributed by atoms with Gasteiger partial charge in [0, 0.05) is 13.1 Å². The number of hydroxylamine groups is 2. The second-order valence-electron chi connectivity index (χ2n) is 8.88.